The lowest BCUT2D eigenvalue weighted by atomic mass is 9.80. The van der Waals surface area contributed by atoms with E-state index in [4.69, 9.17) is 0 Å². The number of nitrogens with one attached hydrogen (secondary N) is 3. The van der Waals surface area contributed by atoms with E-state index in [9.17, 15) is 41.9 Å². The molecule has 11 nitrogen and oxygen atoms in total. The highest BCUT2D eigenvalue weighted by Gasteiger charge is 2.69. The number of benzene rings is 1. The molecule has 1 aromatic carbocycles. The van der Waals surface area contributed by atoms with Gasteiger partial charge in [-0.15, -0.1) is 0 Å². The summed E-state index contributed by atoms with van der Waals surface area (Å²) in [5, 5.41) is 7.00. The highest BCUT2D eigenvalue weighted by atomic mass is 19.4. The first-order valence-corrected chi connectivity index (χ1v) is 17.0. The number of amides is 5. The summed E-state index contributed by atoms with van der Waals surface area (Å²) in [4.78, 5) is 82.0. The zero-order valence-electron chi connectivity index (χ0n) is 28.8. The topological polar surface area (TPSA) is 145 Å². The number of carbonyl (C=O) groups excluding carboxylic acids is 6. The molecule has 6 atom stereocenters. The van der Waals surface area contributed by atoms with Crippen LogP contribution >= 0.6 is 0 Å². The van der Waals surface area contributed by atoms with Crippen molar-refractivity contribution in [3.8, 4) is 0 Å². The molecule has 1 aromatic rings. The van der Waals surface area contributed by atoms with Gasteiger partial charge in [0.05, 0.1) is 12.6 Å². The van der Waals surface area contributed by atoms with Crippen LogP contribution in [0.3, 0.4) is 0 Å². The molecule has 3 N–H and O–H groups in total. The number of hydrogen-bond donors (Lipinski definition) is 3. The number of hydrogen-bond acceptors (Lipinski definition) is 6. The third kappa shape index (κ3) is 8.99. The van der Waals surface area contributed by atoms with Crippen LogP contribution in [0.15, 0.2) is 30.3 Å². The van der Waals surface area contributed by atoms with Gasteiger partial charge < -0.3 is 25.8 Å². The minimum atomic E-state index is -4.68. The van der Waals surface area contributed by atoms with Gasteiger partial charge in [-0.25, -0.2) is 0 Å². The van der Waals surface area contributed by atoms with E-state index < -0.39 is 73.1 Å². The van der Waals surface area contributed by atoms with E-state index in [1.54, 1.807) is 30.3 Å². The predicted molar refractivity (Wildman–Crippen MR) is 173 cm³/mol. The van der Waals surface area contributed by atoms with Crippen LogP contribution in [-0.2, 0) is 28.8 Å². The fourth-order valence-electron chi connectivity index (χ4n) is 7.55. The van der Waals surface area contributed by atoms with Crippen LogP contribution in [0, 0.1) is 29.1 Å². The van der Waals surface area contributed by atoms with Gasteiger partial charge in [-0.05, 0) is 48.0 Å². The van der Waals surface area contributed by atoms with E-state index in [2.05, 4.69) is 16.0 Å². The van der Waals surface area contributed by atoms with Crippen LogP contribution in [0.25, 0.3) is 0 Å². The van der Waals surface area contributed by atoms with Crippen LogP contribution in [0.2, 0.25) is 0 Å². The number of Topliss-reactive ketones (excluding diaryl/α,β-unsaturated/α-hetero) is 1. The Balaban J connectivity index is 1.45. The number of carbonyl (C=O) groups is 6. The fourth-order valence-corrected chi connectivity index (χ4v) is 7.55. The van der Waals surface area contributed by atoms with E-state index in [1.165, 1.54) is 23.9 Å². The van der Waals surface area contributed by atoms with Crippen molar-refractivity contribution >= 4 is 35.3 Å². The van der Waals surface area contributed by atoms with Crippen molar-refractivity contribution in [1.29, 1.82) is 0 Å². The van der Waals surface area contributed by atoms with Crippen molar-refractivity contribution in [3.05, 3.63) is 35.9 Å². The molecule has 1 heterocycles. The maximum absolute atomic E-state index is 13.8. The summed E-state index contributed by atoms with van der Waals surface area (Å²) in [6.07, 6.45) is -2.05. The van der Waals surface area contributed by atoms with Gasteiger partial charge >= 0.3 is 6.18 Å². The molecular weight excluding hydrogens is 643 g/mol. The van der Waals surface area contributed by atoms with Crippen LogP contribution in [0.5, 0.6) is 0 Å². The molecule has 2 saturated carbocycles. The maximum atomic E-state index is 13.8. The van der Waals surface area contributed by atoms with Gasteiger partial charge in [0.1, 0.15) is 12.1 Å². The van der Waals surface area contributed by atoms with Crippen LogP contribution in [0.1, 0.15) is 77.3 Å². The number of halogens is 3. The first-order chi connectivity index (χ1) is 22.9. The van der Waals surface area contributed by atoms with Crippen LogP contribution < -0.4 is 16.0 Å². The van der Waals surface area contributed by atoms with Gasteiger partial charge in [0, 0.05) is 33.0 Å². The van der Waals surface area contributed by atoms with Gasteiger partial charge in [0.15, 0.2) is 0 Å². The van der Waals surface area contributed by atoms with Gasteiger partial charge in [0.2, 0.25) is 29.4 Å². The second kappa shape index (κ2) is 15.3. The number of fused-ring (bicyclic) bond motifs is 1. The van der Waals surface area contributed by atoms with Crippen LogP contribution in [0.4, 0.5) is 13.2 Å². The number of likely N-dealkylation sites (N-methyl/N-ethyl adjacent to an activating group) is 1. The maximum Gasteiger partial charge on any atom is 0.389 e. The van der Waals surface area contributed by atoms with Gasteiger partial charge in [-0.2, -0.15) is 13.2 Å². The summed E-state index contributed by atoms with van der Waals surface area (Å²) in [6.45, 7) is 5.37. The average Bonchev–Trinajstić information content (AvgIpc) is 3.37. The van der Waals surface area contributed by atoms with Crippen molar-refractivity contribution in [2.75, 3.05) is 27.2 Å². The van der Waals surface area contributed by atoms with Crippen molar-refractivity contribution in [3.63, 3.8) is 0 Å². The first kappa shape index (κ1) is 37.8. The SMILES string of the molecule is C[C@H](C(=O)N1C[C@H]2[C@@H]([C@H]1C(=O)N[C@@H](CCC(F)(F)F)C(=O)C(=O)NCC(=O)N[C@H](C(=O)N(C)C)c1ccccc1)C2(C)C)C1CCCCC1. The lowest BCUT2D eigenvalue weighted by molar-refractivity contribution is -0.148. The monoisotopic (exact) mass is 691 g/mol. The van der Waals surface area contributed by atoms with Crippen molar-refractivity contribution in [2.45, 2.75) is 90.0 Å². The van der Waals surface area contributed by atoms with Crippen LogP contribution in [-0.4, -0.2) is 90.6 Å². The molecule has 0 aromatic heterocycles. The quantitative estimate of drug-likeness (QED) is 0.271. The molecule has 14 heteroatoms. The third-order valence-electron chi connectivity index (χ3n) is 10.6. The summed E-state index contributed by atoms with van der Waals surface area (Å²) >= 11 is 0. The third-order valence-corrected chi connectivity index (χ3v) is 10.6. The molecule has 1 aliphatic heterocycles. The lowest BCUT2D eigenvalue weighted by Gasteiger charge is -2.35. The fraction of sp³-hybridized carbons (Fsp3) is 0.657. The Morgan fingerprint density at radius 1 is 0.980 bits per heavy atom. The Kier molecular flexibility index (Phi) is 11.8. The smallest absolute Gasteiger partial charge is 0.347 e. The van der Waals surface area contributed by atoms with E-state index in [1.807, 2.05) is 20.8 Å². The molecule has 1 saturated heterocycles. The number of nitrogens with zero attached hydrogens (tertiary/aromatic N) is 2. The molecule has 270 valence electrons. The minimum Gasteiger partial charge on any atom is -0.347 e. The molecule has 0 radical (unpaired) electrons. The number of piperidine rings is 1. The number of alkyl halides is 3. The van der Waals surface area contributed by atoms with E-state index in [-0.39, 0.29) is 35.0 Å². The van der Waals surface area contributed by atoms with E-state index >= 15 is 0 Å². The Hall–Kier alpha value is -3.97. The number of likely N-dealkylation sites (tertiary alicyclic amines) is 1. The zero-order valence-corrected chi connectivity index (χ0v) is 28.8. The normalized spacial score (nSPS) is 23.3. The molecular formula is C35H48F3N5O6. The highest BCUT2D eigenvalue weighted by molar-refractivity contribution is 6.38. The van der Waals surface area contributed by atoms with Crippen molar-refractivity contribution < 1.29 is 41.9 Å². The molecule has 5 amide bonds. The minimum absolute atomic E-state index is 0.0241. The summed E-state index contributed by atoms with van der Waals surface area (Å²) in [5.74, 6) is -5.32. The average molecular weight is 692 g/mol. The van der Waals surface area contributed by atoms with Crippen molar-refractivity contribution in [2.24, 2.45) is 29.1 Å². The van der Waals surface area contributed by atoms with Crippen molar-refractivity contribution in [1.82, 2.24) is 25.8 Å². The molecule has 0 bridgehead atoms. The van der Waals surface area contributed by atoms with Gasteiger partial charge in [0.25, 0.3) is 5.91 Å². The lowest BCUT2D eigenvalue weighted by Crippen LogP contribution is -2.56. The molecule has 0 spiro atoms. The second-order valence-electron chi connectivity index (χ2n) is 14.5. The van der Waals surface area contributed by atoms with E-state index in [0.29, 0.717) is 12.1 Å². The first-order valence-electron chi connectivity index (χ1n) is 17.0. The molecule has 0 unspecified atom stereocenters. The van der Waals surface area contributed by atoms with Gasteiger partial charge in [-0.3, -0.25) is 28.8 Å². The Labute approximate surface area is 285 Å². The molecule has 4 rings (SSSR count). The molecule has 3 aliphatic rings. The Morgan fingerprint density at radius 3 is 2.20 bits per heavy atom. The summed E-state index contributed by atoms with van der Waals surface area (Å²) in [6, 6.07) is 4.41. The summed E-state index contributed by atoms with van der Waals surface area (Å²) in [5.41, 5.74) is 0.190. The molecule has 2 aliphatic carbocycles. The standard InChI is InChI=1S/C35H48F3N5O6/c1-20(21-12-8-6-9-13-21)32(48)43-19-23-26(34(23,2)3)28(43)30(46)40-24(16-17-35(36,37)38)29(45)31(47)39-18-25(44)41-27(33(49)42(4)5)22-14-10-7-11-15-22/h7,10-11,14-15,20-21,23-24,26-28H,6,8-9,12-13,16-19H2,1-5H3,(H,39,47)(H,40,46)(H,41,44)/t20-,23-,24-,26-,27-,28-/m0/s1. The van der Waals surface area contributed by atoms with Gasteiger partial charge in [-0.1, -0.05) is 70.4 Å². The largest absolute Gasteiger partial charge is 0.389 e. The zero-order chi connectivity index (χ0) is 36.3. The second-order valence-corrected chi connectivity index (χ2v) is 14.5. The Morgan fingerprint density at radius 2 is 1.61 bits per heavy atom. The number of rotatable bonds is 13. The summed E-state index contributed by atoms with van der Waals surface area (Å²) in [7, 11) is 3.01. The summed E-state index contributed by atoms with van der Waals surface area (Å²) < 4.78 is 39.9. The molecule has 49 heavy (non-hydrogen) atoms. The highest BCUT2D eigenvalue weighted by Crippen LogP contribution is 2.65. The Bertz CT molecular complexity index is 1410. The van der Waals surface area contributed by atoms with E-state index in [0.717, 1.165) is 32.1 Å². The molecule has 3 fully saturated rings. The number of ketones is 1. The predicted octanol–water partition coefficient (Wildman–Crippen LogP) is 3.14.